The molecule has 0 aromatic carbocycles. The Morgan fingerprint density at radius 3 is 2.56 bits per heavy atom. The van der Waals surface area contributed by atoms with Crippen molar-refractivity contribution < 1.29 is 0 Å². The molecule has 0 bridgehead atoms. The van der Waals surface area contributed by atoms with Gasteiger partial charge in [-0.15, -0.1) is 0 Å². The lowest BCUT2D eigenvalue weighted by Gasteiger charge is -2.17. The zero-order valence-corrected chi connectivity index (χ0v) is 10.7. The first kappa shape index (κ1) is 13.0. The molecule has 0 spiro atoms. The standard InChI is InChI=1S/C13H23N3/c1-10(2)12(4)14-8-9-15-13-7-5-6-11(3)16-13/h5-7,10,12,14H,8-9H2,1-4H3,(H,15,16). The summed E-state index contributed by atoms with van der Waals surface area (Å²) < 4.78 is 0. The molecule has 0 fully saturated rings. The number of anilines is 1. The zero-order valence-electron chi connectivity index (χ0n) is 10.7. The Hall–Kier alpha value is -1.09. The predicted octanol–water partition coefficient (Wildman–Crippen LogP) is 2.44. The molecule has 0 saturated carbocycles. The molecule has 1 aromatic heterocycles. The van der Waals surface area contributed by atoms with Crippen molar-refractivity contribution in [2.24, 2.45) is 5.92 Å². The van der Waals surface area contributed by atoms with Crippen LogP contribution >= 0.6 is 0 Å². The summed E-state index contributed by atoms with van der Waals surface area (Å²) >= 11 is 0. The minimum atomic E-state index is 0.562. The normalized spacial score (nSPS) is 12.8. The van der Waals surface area contributed by atoms with Gasteiger partial charge in [0.25, 0.3) is 0 Å². The van der Waals surface area contributed by atoms with Gasteiger partial charge >= 0.3 is 0 Å². The second kappa shape index (κ2) is 6.48. The van der Waals surface area contributed by atoms with Crippen molar-refractivity contribution in [3.05, 3.63) is 23.9 Å². The van der Waals surface area contributed by atoms with E-state index in [1.165, 1.54) is 0 Å². The Bertz CT molecular complexity index is 310. The van der Waals surface area contributed by atoms with E-state index in [2.05, 4.69) is 36.4 Å². The Labute approximate surface area is 98.7 Å². The van der Waals surface area contributed by atoms with Gasteiger partial charge in [0.1, 0.15) is 5.82 Å². The maximum Gasteiger partial charge on any atom is 0.126 e. The molecule has 0 aliphatic rings. The average Bonchev–Trinajstić information content (AvgIpc) is 2.24. The molecule has 3 nitrogen and oxygen atoms in total. The van der Waals surface area contributed by atoms with Gasteiger partial charge in [-0.2, -0.15) is 0 Å². The van der Waals surface area contributed by atoms with Gasteiger partial charge in [-0.1, -0.05) is 19.9 Å². The smallest absolute Gasteiger partial charge is 0.126 e. The Morgan fingerprint density at radius 1 is 1.19 bits per heavy atom. The number of aryl methyl sites for hydroxylation is 1. The van der Waals surface area contributed by atoms with Gasteiger partial charge in [0.15, 0.2) is 0 Å². The highest BCUT2D eigenvalue weighted by Gasteiger charge is 2.04. The summed E-state index contributed by atoms with van der Waals surface area (Å²) in [6, 6.07) is 6.59. The van der Waals surface area contributed by atoms with Crippen LogP contribution in [-0.2, 0) is 0 Å². The van der Waals surface area contributed by atoms with E-state index in [1.807, 2.05) is 25.1 Å². The largest absolute Gasteiger partial charge is 0.369 e. The maximum atomic E-state index is 4.39. The first-order chi connectivity index (χ1) is 7.59. The fourth-order valence-corrected chi connectivity index (χ4v) is 1.37. The number of nitrogens with one attached hydrogen (secondary N) is 2. The summed E-state index contributed by atoms with van der Waals surface area (Å²) in [6.07, 6.45) is 0. The minimum absolute atomic E-state index is 0.562. The van der Waals surface area contributed by atoms with Crippen LogP contribution in [0.15, 0.2) is 18.2 Å². The number of aromatic nitrogens is 1. The lowest BCUT2D eigenvalue weighted by atomic mass is 10.1. The van der Waals surface area contributed by atoms with Crippen LogP contribution in [0, 0.1) is 12.8 Å². The lowest BCUT2D eigenvalue weighted by Crippen LogP contribution is -2.34. The second-order valence-corrected chi connectivity index (χ2v) is 4.58. The third-order valence-electron chi connectivity index (χ3n) is 2.79. The fourth-order valence-electron chi connectivity index (χ4n) is 1.37. The van der Waals surface area contributed by atoms with Gasteiger partial charge in [-0.05, 0) is 31.9 Å². The van der Waals surface area contributed by atoms with E-state index in [-0.39, 0.29) is 0 Å². The first-order valence-electron chi connectivity index (χ1n) is 6.00. The maximum absolute atomic E-state index is 4.39. The molecule has 1 aromatic rings. The van der Waals surface area contributed by atoms with Crippen molar-refractivity contribution in [1.82, 2.24) is 10.3 Å². The Balaban J connectivity index is 2.21. The molecule has 1 unspecified atom stereocenters. The van der Waals surface area contributed by atoms with Crippen LogP contribution in [0.2, 0.25) is 0 Å². The van der Waals surface area contributed by atoms with E-state index in [1.54, 1.807) is 0 Å². The number of hydrogen-bond donors (Lipinski definition) is 2. The van der Waals surface area contributed by atoms with Crippen LogP contribution in [0.3, 0.4) is 0 Å². The molecule has 1 atom stereocenters. The van der Waals surface area contributed by atoms with Gasteiger partial charge in [0.05, 0.1) is 0 Å². The van der Waals surface area contributed by atoms with E-state index in [9.17, 15) is 0 Å². The summed E-state index contributed by atoms with van der Waals surface area (Å²) in [6.45, 7) is 10.6. The van der Waals surface area contributed by atoms with Crippen molar-refractivity contribution in [3.63, 3.8) is 0 Å². The van der Waals surface area contributed by atoms with E-state index in [0.717, 1.165) is 24.6 Å². The summed E-state index contributed by atoms with van der Waals surface area (Å²) in [5, 5.41) is 6.78. The molecule has 16 heavy (non-hydrogen) atoms. The molecular weight excluding hydrogens is 198 g/mol. The predicted molar refractivity (Wildman–Crippen MR) is 69.8 cm³/mol. The number of hydrogen-bond acceptors (Lipinski definition) is 3. The quantitative estimate of drug-likeness (QED) is 0.724. The minimum Gasteiger partial charge on any atom is -0.369 e. The van der Waals surface area contributed by atoms with Gasteiger partial charge in [0.2, 0.25) is 0 Å². The Morgan fingerprint density at radius 2 is 1.94 bits per heavy atom. The fraction of sp³-hybridized carbons (Fsp3) is 0.615. The van der Waals surface area contributed by atoms with Crippen LogP contribution in [-0.4, -0.2) is 24.1 Å². The monoisotopic (exact) mass is 221 g/mol. The van der Waals surface area contributed by atoms with Crippen molar-refractivity contribution in [2.75, 3.05) is 18.4 Å². The van der Waals surface area contributed by atoms with Gasteiger partial charge < -0.3 is 10.6 Å². The molecule has 0 aliphatic carbocycles. The molecule has 0 saturated heterocycles. The number of nitrogens with zero attached hydrogens (tertiary/aromatic N) is 1. The van der Waals surface area contributed by atoms with E-state index in [0.29, 0.717) is 12.0 Å². The highest BCUT2D eigenvalue weighted by Crippen LogP contribution is 2.03. The van der Waals surface area contributed by atoms with Crippen LogP contribution in [0.25, 0.3) is 0 Å². The lowest BCUT2D eigenvalue weighted by molar-refractivity contribution is 0.434. The Kier molecular flexibility index (Phi) is 5.26. The van der Waals surface area contributed by atoms with Crippen molar-refractivity contribution >= 4 is 5.82 Å². The zero-order chi connectivity index (χ0) is 12.0. The molecule has 0 radical (unpaired) electrons. The third-order valence-corrected chi connectivity index (χ3v) is 2.79. The molecule has 2 N–H and O–H groups in total. The van der Waals surface area contributed by atoms with Crippen molar-refractivity contribution in [3.8, 4) is 0 Å². The SMILES string of the molecule is Cc1cccc(NCCNC(C)C(C)C)n1. The highest BCUT2D eigenvalue weighted by atomic mass is 15.0. The summed E-state index contributed by atoms with van der Waals surface area (Å²) in [5.74, 6) is 1.64. The van der Waals surface area contributed by atoms with Gasteiger partial charge in [-0.3, -0.25) is 0 Å². The molecular formula is C13H23N3. The van der Waals surface area contributed by atoms with Crippen LogP contribution < -0.4 is 10.6 Å². The average molecular weight is 221 g/mol. The molecule has 1 rings (SSSR count). The van der Waals surface area contributed by atoms with Gasteiger partial charge in [-0.25, -0.2) is 4.98 Å². The van der Waals surface area contributed by atoms with E-state index < -0.39 is 0 Å². The first-order valence-corrected chi connectivity index (χ1v) is 6.00. The van der Waals surface area contributed by atoms with Crippen molar-refractivity contribution in [2.45, 2.75) is 33.7 Å². The third kappa shape index (κ3) is 4.62. The summed E-state index contributed by atoms with van der Waals surface area (Å²) in [4.78, 5) is 4.39. The highest BCUT2D eigenvalue weighted by molar-refractivity contribution is 5.34. The van der Waals surface area contributed by atoms with E-state index in [4.69, 9.17) is 0 Å². The summed E-state index contributed by atoms with van der Waals surface area (Å²) in [5.41, 5.74) is 1.05. The second-order valence-electron chi connectivity index (χ2n) is 4.58. The van der Waals surface area contributed by atoms with Crippen LogP contribution in [0.4, 0.5) is 5.82 Å². The molecule has 0 amide bonds. The number of rotatable bonds is 6. The van der Waals surface area contributed by atoms with Gasteiger partial charge in [0, 0.05) is 24.8 Å². The van der Waals surface area contributed by atoms with Crippen molar-refractivity contribution in [1.29, 1.82) is 0 Å². The topological polar surface area (TPSA) is 37.0 Å². The van der Waals surface area contributed by atoms with E-state index >= 15 is 0 Å². The molecule has 1 heterocycles. The molecule has 0 aliphatic heterocycles. The number of pyridine rings is 1. The summed E-state index contributed by atoms with van der Waals surface area (Å²) in [7, 11) is 0. The van der Waals surface area contributed by atoms with Crippen LogP contribution in [0.5, 0.6) is 0 Å². The van der Waals surface area contributed by atoms with Crippen LogP contribution in [0.1, 0.15) is 26.5 Å². The molecule has 3 heteroatoms. The molecule has 90 valence electrons.